The van der Waals surface area contributed by atoms with E-state index in [-0.39, 0.29) is 24.7 Å². The lowest BCUT2D eigenvalue weighted by atomic mass is 9.94. The Balaban J connectivity index is 1.12. The second-order valence-electron chi connectivity index (χ2n) is 16.5. The molecule has 65 heavy (non-hydrogen) atoms. The van der Waals surface area contributed by atoms with E-state index in [1.165, 1.54) is 29.8 Å². The number of benzene rings is 4. The first-order valence-electron chi connectivity index (χ1n) is 21.7. The van der Waals surface area contributed by atoms with E-state index in [0.717, 1.165) is 89.5 Å². The van der Waals surface area contributed by atoms with Gasteiger partial charge in [0.25, 0.3) is 0 Å². The predicted molar refractivity (Wildman–Crippen MR) is 251 cm³/mol. The molecule has 1 saturated heterocycles. The van der Waals surface area contributed by atoms with Gasteiger partial charge in [0, 0.05) is 73.9 Å². The summed E-state index contributed by atoms with van der Waals surface area (Å²) < 4.78 is 32.9. The molecule has 1 N–H and O–H groups in total. The van der Waals surface area contributed by atoms with Gasteiger partial charge >= 0.3 is 5.97 Å². The van der Waals surface area contributed by atoms with Crippen LogP contribution in [0.15, 0.2) is 97.5 Å². The average molecular weight is 915 g/mol. The smallest absolute Gasteiger partial charge is 0.345 e. The number of rotatable bonds is 11. The van der Waals surface area contributed by atoms with Gasteiger partial charge < -0.3 is 29.1 Å². The zero-order chi connectivity index (χ0) is 45.0. The number of aromatic nitrogens is 4. The summed E-state index contributed by atoms with van der Waals surface area (Å²) >= 11 is 8.79. The van der Waals surface area contributed by atoms with E-state index < -0.39 is 12.1 Å². The molecule has 4 aromatic carbocycles. The topological polar surface area (TPSA) is 126 Å². The molecule has 12 nitrogen and oxygen atoms in total. The van der Waals surface area contributed by atoms with E-state index in [1.807, 2.05) is 49.4 Å². The minimum absolute atomic E-state index is 0.0352. The number of methoxy groups -OCH3 is 1. The Labute approximate surface area is 386 Å². The Morgan fingerprint density at radius 1 is 0.908 bits per heavy atom. The Morgan fingerprint density at radius 2 is 1.71 bits per heavy atom. The molecule has 0 amide bonds. The molecule has 6 heterocycles. The first-order valence-corrected chi connectivity index (χ1v) is 22.9. The maximum atomic E-state index is 14.3. The third kappa shape index (κ3) is 9.82. The largest absolute Gasteiger partial charge is 0.496 e. The van der Waals surface area contributed by atoms with Crippen LogP contribution in [0.25, 0.3) is 43.2 Å². The van der Waals surface area contributed by atoms with Crippen LogP contribution in [0.3, 0.4) is 0 Å². The summed E-state index contributed by atoms with van der Waals surface area (Å²) in [5.74, 6) is 0.235. The van der Waals surface area contributed by atoms with E-state index in [4.69, 9.17) is 30.8 Å². The molecule has 0 radical (unpaired) electrons. The molecule has 7 aromatic rings. The molecule has 0 spiro atoms. The van der Waals surface area contributed by atoms with Crippen LogP contribution >= 0.6 is 22.9 Å². The summed E-state index contributed by atoms with van der Waals surface area (Å²) in [5.41, 5.74) is 7.18. The molecule has 10 rings (SSSR count). The fraction of sp³-hybridized carbons (Fsp3) is 0.300. The Bertz CT molecular complexity index is 2840. The van der Waals surface area contributed by atoms with E-state index in [2.05, 4.69) is 48.8 Å². The van der Waals surface area contributed by atoms with Crippen molar-refractivity contribution in [1.82, 2.24) is 34.6 Å². The number of ether oxygens (including phenoxy) is 3. The van der Waals surface area contributed by atoms with Crippen molar-refractivity contribution in [2.45, 2.75) is 45.6 Å². The van der Waals surface area contributed by atoms with Crippen molar-refractivity contribution in [3.63, 3.8) is 0 Å². The van der Waals surface area contributed by atoms with E-state index in [9.17, 15) is 14.3 Å². The number of carboxylic acid groups (broad SMARTS) is 1. The predicted octanol–water partition coefficient (Wildman–Crippen LogP) is 9.20. The van der Waals surface area contributed by atoms with Gasteiger partial charge in [0.05, 0.1) is 23.8 Å². The summed E-state index contributed by atoms with van der Waals surface area (Å²) in [6.45, 7) is 9.24. The SMILES string of the molecule is COc1ccccc1-c1nccc(COc2ccc3cc2C[C@H](C(=O)O)Oc2ncnc4sc(-c5ccc(F)cc5)c(c24)-c2ccc(c(Cl)c2C)CN(CCCN2CCN(C)CC2)C3)n1. The molecule has 1 fully saturated rings. The molecule has 3 aliphatic rings. The minimum Gasteiger partial charge on any atom is -0.496 e. The zero-order valence-electron chi connectivity index (χ0n) is 36.5. The van der Waals surface area contributed by atoms with Crippen LogP contribution in [0, 0.1) is 12.7 Å². The van der Waals surface area contributed by atoms with E-state index >= 15 is 0 Å². The van der Waals surface area contributed by atoms with E-state index in [1.54, 1.807) is 31.5 Å². The highest BCUT2D eigenvalue weighted by atomic mass is 35.5. The standard InChI is InChI=1S/C50H49ClFN7O5S/c1-31-38-15-12-34(45(31)51)28-59(20-6-19-58-23-21-57(2)22-24-58)27-32-9-16-40(63-29-37-17-18-53-47(56-37)39-7-4-5-8-41(39)62-3)35(25-32)26-42(50(60)61)64-48-44-43(38)46(65-49(44)55-30-54-48)33-10-13-36(52)14-11-33/h4-5,7-18,25,30,42H,6,19-24,26-29H2,1-3H3,(H,60,61)/t42-/m1/s1. The highest BCUT2D eigenvalue weighted by molar-refractivity contribution is 7.22. The summed E-state index contributed by atoms with van der Waals surface area (Å²) in [5, 5.41) is 12.0. The molecule has 1 atom stereocenters. The second kappa shape index (κ2) is 19.6. The third-order valence-corrected chi connectivity index (χ3v) is 13.8. The lowest BCUT2D eigenvalue weighted by Gasteiger charge is -2.33. The molecule has 15 heteroatoms. The summed E-state index contributed by atoms with van der Waals surface area (Å²) in [4.78, 5) is 40.5. The van der Waals surface area contributed by atoms with Crippen molar-refractivity contribution in [2.75, 3.05) is 53.4 Å². The van der Waals surface area contributed by atoms with Crippen LogP contribution in [-0.2, 0) is 30.9 Å². The summed E-state index contributed by atoms with van der Waals surface area (Å²) in [7, 11) is 3.78. The molecule has 0 saturated carbocycles. The molecule has 3 aliphatic heterocycles. The number of carboxylic acids is 1. The number of thiophene rings is 1. The van der Waals surface area contributed by atoms with Crippen molar-refractivity contribution in [3.05, 3.63) is 136 Å². The number of aliphatic carboxylic acids is 1. The first-order chi connectivity index (χ1) is 31.6. The Hall–Kier alpha value is -6.03. The van der Waals surface area contributed by atoms with Crippen molar-refractivity contribution < 1.29 is 28.5 Å². The van der Waals surface area contributed by atoms with Crippen molar-refractivity contribution in [3.8, 4) is 50.3 Å². The monoisotopic (exact) mass is 913 g/mol. The van der Waals surface area contributed by atoms with Crippen LogP contribution in [0.1, 0.15) is 34.4 Å². The van der Waals surface area contributed by atoms with Gasteiger partial charge in [0.1, 0.15) is 35.1 Å². The zero-order valence-corrected chi connectivity index (χ0v) is 38.0. The van der Waals surface area contributed by atoms with Gasteiger partial charge in [-0.05, 0) is 96.7 Å². The number of fused-ring (bicyclic) bond motifs is 6. The number of piperazine rings is 1. The second-order valence-corrected chi connectivity index (χ2v) is 17.9. The summed E-state index contributed by atoms with van der Waals surface area (Å²) in [6.07, 6.45) is 2.61. The van der Waals surface area contributed by atoms with Crippen LogP contribution < -0.4 is 14.2 Å². The Kier molecular flexibility index (Phi) is 13.3. The third-order valence-electron chi connectivity index (χ3n) is 12.1. The molecule has 4 bridgehead atoms. The van der Waals surface area contributed by atoms with Crippen molar-refractivity contribution >= 4 is 39.1 Å². The number of likely N-dealkylation sites (N-methyl/N-ethyl adjacent to an activating group) is 1. The number of hydrogen-bond acceptors (Lipinski definition) is 12. The number of carbonyl (C=O) groups is 1. The lowest BCUT2D eigenvalue weighted by molar-refractivity contribution is -0.145. The maximum Gasteiger partial charge on any atom is 0.345 e. The molecular formula is C50H49ClFN7O5S. The normalized spacial score (nSPS) is 16.1. The van der Waals surface area contributed by atoms with Gasteiger partial charge in [-0.3, -0.25) is 4.90 Å². The number of para-hydroxylation sites is 1. The van der Waals surface area contributed by atoms with Gasteiger partial charge in [0.2, 0.25) is 12.0 Å². The molecular weight excluding hydrogens is 865 g/mol. The van der Waals surface area contributed by atoms with Gasteiger partial charge in [0.15, 0.2) is 5.82 Å². The first kappa shape index (κ1) is 44.2. The van der Waals surface area contributed by atoms with Crippen LogP contribution in [0.2, 0.25) is 5.02 Å². The molecule has 0 aliphatic carbocycles. The molecule has 3 aromatic heterocycles. The van der Waals surface area contributed by atoms with Crippen LogP contribution in [0.4, 0.5) is 4.39 Å². The van der Waals surface area contributed by atoms with Gasteiger partial charge in [-0.2, -0.15) is 0 Å². The fourth-order valence-corrected chi connectivity index (χ4v) is 10.0. The Morgan fingerprint density at radius 3 is 2.51 bits per heavy atom. The van der Waals surface area contributed by atoms with Gasteiger partial charge in [-0.15, -0.1) is 11.3 Å². The highest BCUT2D eigenvalue weighted by Crippen LogP contribution is 2.49. The lowest BCUT2D eigenvalue weighted by Crippen LogP contribution is -2.45. The number of nitrogens with zero attached hydrogens (tertiary/aromatic N) is 7. The van der Waals surface area contributed by atoms with Gasteiger partial charge in [-0.1, -0.05) is 60.1 Å². The van der Waals surface area contributed by atoms with E-state index in [0.29, 0.717) is 56.9 Å². The maximum absolute atomic E-state index is 14.3. The molecule has 334 valence electrons. The highest BCUT2D eigenvalue weighted by Gasteiger charge is 2.29. The quantitative estimate of drug-likeness (QED) is 0.133. The van der Waals surface area contributed by atoms with Crippen molar-refractivity contribution in [1.29, 1.82) is 0 Å². The molecule has 0 unspecified atom stereocenters. The fourth-order valence-electron chi connectivity index (χ4n) is 8.63. The minimum atomic E-state index is -1.37. The van der Waals surface area contributed by atoms with Crippen LogP contribution in [0.5, 0.6) is 17.4 Å². The van der Waals surface area contributed by atoms with Crippen molar-refractivity contribution in [2.24, 2.45) is 0 Å². The number of halogens is 2. The van der Waals surface area contributed by atoms with Gasteiger partial charge in [-0.25, -0.2) is 29.1 Å². The number of hydrogen-bond donors (Lipinski definition) is 1. The summed E-state index contributed by atoms with van der Waals surface area (Å²) in [6, 6.07) is 25.7. The average Bonchev–Trinajstić information content (AvgIpc) is 3.71. The van der Waals surface area contributed by atoms with Crippen LogP contribution in [-0.4, -0.2) is 105 Å².